The first kappa shape index (κ1) is 14.5. The lowest BCUT2D eigenvalue weighted by Gasteiger charge is -2.19. The second-order valence-corrected chi connectivity index (χ2v) is 4.45. The molecule has 6 heteroatoms. The zero-order valence-corrected chi connectivity index (χ0v) is 10.8. The van der Waals surface area contributed by atoms with E-state index in [2.05, 4.69) is 10.4 Å². The first-order valence-corrected chi connectivity index (χ1v) is 5.97. The zero-order chi connectivity index (χ0) is 14.8. The van der Waals surface area contributed by atoms with Crippen molar-refractivity contribution in [1.29, 1.82) is 0 Å². The number of benzene rings is 1. The Labute approximate surface area is 114 Å². The number of hydrazine groups is 1. The number of hydrogen-bond donors (Lipinski definition) is 2. The van der Waals surface area contributed by atoms with Gasteiger partial charge in [0.1, 0.15) is 0 Å². The minimum absolute atomic E-state index is 0.375. The van der Waals surface area contributed by atoms with Crippen LogP contribution in [0.1, 0.15) is 28.3 Å². The van der Waals surface area contributed by atoms with E-state index in [0.717, 1.165) is 23.3 Å². The molecule has 2 rings (SSSR count). The minimum Gasteiger partial charge on any atom is -0.271 e. The van der Waals surface area contributed by atoms with Crippen molar-refractivity contribution in [3.63, 3.8) is 0 Å². The number of hydrogen-bond acceptors (Lipinski definition) is 3. The maximum atomic E-state index is 12.5. The van der Waals surface area contributed by atoms with Crippen LogP contribution in [0.5, 0.6) is 0 Å². The summed E-state index contributed by atoms with van der Waals surface area (Å²) in [5, 5.41) is 0. The third-order valence-corrected chi connectivity index (χ3v) is 3.11. The lowest BCUT2D eigenvalue weighted by atomic mass is 9.96. The number of nitrogens with two attached hydrogens (primary N) is 1. The van der Waals surface area contributed by atoms with Crippen molar-refractivity contribution in [3.05, 3.63) is 65.0 Å². The predicted molar refractivity (Wildman–Crippen MR) is 69.6 cm³/mol. The van der Waals surface area contributed by atoms with E-state index >= 15 is 0 Å². The summed E-state index contributed by atoms with van der Waals surface area (Å²) in [5.74, 6) is 5.54. The number of nitrogens with one attached hydrogen (secondary N) is 1. The van der Waals surface area contributed by atoms with E-state index in [9.17, 15) is 13.2 Å². The Morgan fingerprint density at radius 1 is 1.15 bits per heavy atom. The first-order chi connectivity index (χ1) is 9.43. The van der Waals surface area contributed by atoms with Gasteiger partial charge in [-0.15, -0.1) is 0 Å². The van der Waals surface area contributed by atoms with Crippen molar-refractivity contribution in [2.75, 3.05) is 0 Å². The predicted octanol–water partition coefficient (Wildman–Crippen LogP) is 2.96. The molecule has 2 aromatic rings. The smallest absolute Gasteiger partial charge is 0.271 e. The van der Waals surface area contributed by atoms with Crippen molar-refractivity contribution < 1.29 is 13.2 Å². The molecule has 1 heterocycles. The Balaban J connectivity index is 2.36. The van der Waals surface area contributed by atoms with Gasteiger partial charge in [-0.3, -0.25) is 10.8 Å². The highest BCUT2D eigenvalue weighted by atomic mass is 19.4. The van der Waals surface area contributed by atoms with Gasteiger partial charge in [0.25, 0.3) is 0 Å². The quantitative estimate of drug-likeness (QED) is 0.671. The molecule has 106 valence electrons. The molecule has 0 aliphatic rings. The Morgan fingerprint density at radius 3 is 2.30 bits per heavy atom. The molecule has 0 aliphatic carbocycles. The highest BCUT2D eigenvalue weighted by Crippen LogP contribution is 2.31. The molecule has 0 spiro atoms. The molecular weight excluding hydrogens is 267 g/mol. The van der Waals surface area contributed by atoms with Crippen molar-refractivity contribution in [2.24, 2.45) is 5.84 Å². The molecule has 0 aliphatic heterocycles. The Hall–Kier alpha value is -1.92. The van der Waals surface area contributed by atoms with E-state index in [0.29, 0.717) is 5.56 Å². The fraction of sp³-hybridized carbons (Fsp3) is 0.214. The number of nitrogens with zero attached hydrogens (tertiary/aromatic N) is 1. The van der Waals surface area contributed by atoms with E-state index in [1.165, 1.54) is 12.1 Å². The van der Waals surface area contributed by atoms with Crippen LogP contribution in [0, 0.1) is 6.92 Å². The summed E-state index contributed by atoms with van der Waals surface area (Å²) in [5.41, 5.74) is 4.40. The molecule has 1 aromatic heterocycles. The molecule has 1 unspecified atom stereocenters. The van der Waals surface area contributed by atoms with E-state index < -0.39 is 11.7 Å². The Bertz CT molecular complexity index is 579. The average Bonchev–Trinajstić information content (AvgIpc) is 2.41. The van der Waals surface area contributed by atoms with Crippen LogP contribution in [0.25, 0.3) is 0 Å². The van der Waals surface area contributed by atoms with Gasteiger partial charge in [-0.1, -0.05) is 12.1 Å². The summed E-state index contributed by atoms with van der Waals surface area (Å²) in [7, 11) is 0. The maximum absolute atomic E-state index is 12.5. The molecule has 1 aromatic carbocycles. The van der Waals surface area contributed by atoms with E-state index in [1.807, 2.05) is 6.92 Å². The van der Waals surface area contributed by atoms with Crippen LogP contribution in [-0.2, 0) is 6.18 Å². The average molecular weight is 281 g/mol. The van der Waals surface area contributed by atoms with Gasteiger partial charge in [0, 0.05) is 12.4 Å². The Kier molecular flexibility index (Phi) is 4.06. The van der Waals surface area contributed by atoms with Crippen LogP contribution in [0.4, 0.5) is 13.2 Å². The van der Waals surface area contributed by atoms with Crippen LogP contribution in [0.3, 0.4) is 0 Å². The second kappa shape index (κ2) is 5.60. The van der Waals surface area contributed by atoms with Gasteiger partial charge in [-0.25, -0.2) is 5.43 Å². The van der Waals surface area contributed by atoms with Crippen molar-refractivity contribution in [1.82, 2.24) is 10.4 Å². The lowest BCUT2D eigenvalue weighted by molar-refractivity contribution is -0.137. The fourth-order valence-electron chi connectivity index (χ4n) is 2.04. The molecule has 3 N–H and O–H groups in total. The number of pyridine rings is 1. The van der Waals surface area contributed by atoms with Gasteiger partial charge in [-0.2, -0.15) is 13.2 Å². The molecule has 3 nitrogen and oxygen atoms in total. The molecule has 0 fully saturated rings. The number of aromatic nitrogens is 1. The largest absolute Gasteiger partial charge is 0.416 e. The molecule has 1 atom stereocenters. The Morgan fingerprint density at radius 2 is 1.80 bits per heavy atom. The number of rotatable bonds is 3. The molecule has 0 bridgehead atoms. The van der Waals surface area contributed by atoms with Crippen molar-refractivity contribution in [3.8, 4) is 0 Å². The summed E-state index contributed by atoms with van der Waals surface area (Å²) in [6.07, 6.45) is -1.03. The monoisotopic (exact) mass is 281 g/mol. The standard InChI is InChI=1S/C14H14F3N3/c1-9-8-19-7-6-12(9)13(20-18)10-2-4-11(5-3-10)14(15,16)17/h2-8,13,20H,18H2,1H3. The highest BCUT2D eigenvalue weighted by Gasteiger charge is 2.30. The SMILES string of the molecule is Cc1cnccc1C(NN)c1ccc(C(F)(F)F)cc1. The molecule has 0 saturated heterocycles. The van der Waals surface area contributed by atoms with Crippen LogP contribution >= 0.6 is 0 Å². The normalized spacial score (nSPS) is 13.2. The van der Waals surface area contributed by atoms with E-state index in [1.54, 1.807) is 18.5 Å². The van der Waals surface area contributed by atoms with Gasteiger partial charge in [0.15, 0.2) is 0 Å². The van der Waals surface area contributed by atoms with Crippen molar-refractivity contribution in [2.45, 2.75) is 19.1 Å². The molecule has 0 amide bonds. The highest BCUT2D eigenvalue weighted by molar-refractivity contribution is 5.36. The summed E-state index contributed by atoms with van der Waals surface area (Å²) in [6.45, 7) is 1.87. The lowest BCUT2D eigenvalue weighted by Crippen LogP contribution is -2.29. The van der Waals surface area contributed by atoms with Gasteiger partial charge in [-0.05, 0) is 41.8 Å². The van der Waals surface area contributed by atoms with E-state index in [-0.39, 0.29) is 6.04 Å². The summed E-state index contributed by atoms with van der Waals surface area (Å²) < 4.78 is 37.6. The second-order valence-electron chi connectivity index (χ2n) is 4.45. The molecule has 0 saturated carbocycles. The number of halogens is 3. The molecular formula is C14H14F3N3. The van der Waals surface area contributed by atoms with Crippen LogP contribution in [0.2, 0.25) is 0 Å². The van der Waals surface area contributed by atoms with Crippen LogP contribution in [-0.4, -0.2) is 4.98 Å². The third kappa shape index (κ3) is 2.97. The summed E-state index contributed by atoms with van der Waals surface area (Å²) >= 11 is 0. The van der Waals surface area contributed by atoms with Crippen LogP contribution in [0.15, 0.2) is 42.7 Å². The van der Waals surface area contributed by atoms with Gasteiger partial charge in [0.05, 0.1) is 11.6 Å². The first-order valence-electron chi connectivity index (χ1n) is 5.97. The maximum Gasteiger partial charge on any atom is 0.416 e. The van der Waals surface area contributed by atoms with Gasteiger partial charge >= 0.3 is 6.18 Å². The van der Waals surface area contributed by atoms with E-state index in [4.69, 9.17) is 5.84 Å². The topological polar surface area (TPSA) is 50.9 Å². The van der Waals surface area contributed by atoms with Crippen LogP contribution < -0.4 is 11.3 Å². The fourth-order valence-corrected chi connectivity index (χ4v) is 2.04. The number of aryl methyl sites for hydroxylation is 1. The van der Waals surface area contributed by atoms with Gasteiger partial charge in [0.2, 0.25) is 0 Å². The third-order valence-electron chi connectivity index (χ3n) is 3.11. The zero-order valence-electron chi connectivity index (χ0n) is 10.8. The molecule has 20 heavy (non-hydrogen) atoms. The summed E-state index contributed by atoms with van der Waals surface area (Å²) in [6, 6.07) is 6.37. The molecule has 0 radical (unpaired) electrons. The summed E-state index contributed by atoms with van der Waals surface area (Å²) in [4.78, 5) is 3.98. The van der Waals surface area contributed by atoms with Crippen molar-refractivity contribution >= 4 is 0 Å². The minimum atomic E-state index is -4.34. The number of alkyl halides is 3. The van der Waals surface area contributed by atoms with Gasteiger partial charge < -0.3 is 0 Å².